The monoisotopic (exact) mass is 392 g/mol. The second-order valence-electron chi connectivity index (χ2n) is 6.83. The summed E-state index contributed by atoms with van der Waals surface area (Å²) in [5, 5.41) is 0. The number of aryl methyl sites for hydroxylation is 1. The van der Waals surface area contributed by atoms with Crippen molar-refractivity contribution in [2.45, 2.75) is 40.2 Å². The number of hydrogen-bond donors (Lipinski definition) is 0. The highest BCUT2D eigenvalue weighted by Gasteiger charge is 2.14. The minimum atomic E-state index is -0.800. The molecule has 0 heterocycles. The van der Waals surface area contributed by atoms with Gasteiger partial charge in [0, 0.05) is 6.42 Å². The van der Waals surface area contributed by atoms with Crippen LogP contribution in [0.2, 0.25) is 0 Å². The lowest BCUT2D eigenvalue weighted by atomic mass is 10.1. The smallest absolute Gasteiger partial charge is 0.306 e. The van der Waals surface area contributed by atoms with Gasteiger partial charge in [0.2, 0.25) is 0 Å². The molecule has 152 valence electrons. The molecular weight excluding hydrogens is 366 g/mol. The third kappa shape index (κ3) is 6.83. The lowest BCUT2D eigenvalue weighted by Gasteiger charge is -2.12. The molecule has 0 saturated carbocycles. The van der Waals surface area contributed by atoms with E-state index in [0.717, 1.165) is 5.56 Å². The maximum atomic E-state index is 14.3. The van der Waals surface area contributed by atoms with E-state index in [-0.39, 0.29) is 26.1 Å². The standard InChI is InChI=1S/C22H26F2O4/c1-4-26-21(25)9-8-16-11-19(23)22(20(24)12-16)28-14-17-6-5-7-18(10-17)27-13-15(2)3/h5-7,10-12,15H,4,8-9,13-14H2,1-3H3. The van der Waals surface area contributed by atoms with E-state index < -0.39 is 23.4 Å². The van der Waals surface area contributed by atoms with Crippen molar-refractivity contribution in [2.75, 3.05) is 13.2 Å². The van der Waals surface area contributed by atoms with Crippen molar-refractivity contribution in [1.29, 1.82) is 0 Å². The van der Waals surface area contributed by atoms with E-state index in [1.165, 1.54) is 12.1 Å². The van der Waals surface area contributed by atoms with Gasteiger partial charge in [0.25, 0.3) is 0 Å². The van der Waals surface area contributed by atoms with Crippen molar-refractivity contribution in [3.05, 3.63) is 59.2 Å². The van der Waals surface area contributed by atoms with Crippen LogP contribution in [0.25, 0.3) is 0 Å². The Labute approximate surface area is 164 Å². The van der Waals surface area contributed by atoms with Gasteiger partial charge in [-0.15, -0.1) is 0 Å². The Hall–Kier alpha value is -2.63. The van der Waals surface area contributed by atoms with Crippen molar-refractivity contribution in [3.63, 3.8) is 0 Å². The quantitative estimate of drug-likeness (QED) is 0.529. The van der Waals surface area contributed by atoms with Crippen LogP contribution in [-0.4, -0.2) is 19.2 Å². The first-order chi connectivity index (χ1) is 13.4. The van der Waals surface area contributed by atoms with Crippen molar-refractivity contribution in [1.82, 2.24) is 0 Å². The largest absolute Gasteiger partial charge is 0.493 e. The van der Waals surface area contributed by atoms with Gasteiger partial charge in [-0.25, -0.2) is 8.78 Å². The van der Waals surface area contributed by atoms with Crippen LogP contribution in [0, 0.1) is 17.6 Å². The van der Waals surface area contributed by atoms with Crippen molar-refractivity contribution < 1.29 is 27.8 Å². The molecule has 0 atom stereocenters. The van der Waals surface area contributed by atoms with Gasteiger partial charge in [0.15, 0.2) is 17.4 Å². The molecule has 2 aromatic rings. The molecule has 0 fully saturated rings. The number of hydrogen-bond acceptors (Lipinski definition) is 4. The van der Waals surface area contributed by atoms with Gasteiger partial charge in [-0.2, -0.15) is 0 Å². The summed E-state index contributed by atoms with van der Waals surface area (Å²) < 4.78 is 44.4. The van der Waals surface area contributed by atoms with Gasteiger partial charge < -0.3 is 14.2 Å². The average molecular weight is 392 g/mol. The molecule has 0 aliphatic rings. The predicted octanol–water partition coefficient (Wildman–Crippen LogP) is 5.07. The topological polar surface area (TPSA) is 44.8 Å². The summed E-state index contributed by atoms with van der Waals surface area (Å²) in [6.45, 7) is 6.67. The summed E-state index contributed by atoms with van der Waals surface area (Å²) in [5.74, 6) is -1.36. The molecule has 0 bridgehead atoms. The van der Waals surface area contributed by atoms with Crippen LogP contribution in [0.5, 0.6) is 11.5 Å². The first-order valence-electron chi connectivity index (χ1n) is 9.37. The Bertz CT molecular complexity index is 767. The van der Waals surface area contributed by atoms with Gasteiger partial charge in [-0.1, -0.05) is 26.0 Å². The summed E-state index contributed by atoms with van der Waals surface area (Å²) in [5.41, 5.74) is 1.12. The van der Waals surface area contributed by atoms with Crippen LogP contribution >= 0.6 is 0 Å². The molecule has 0 unspecified atom stereocenters. The lowest BCUT2D eigenvalue weighted by Crippen LogP contribution is -2.06. The average Bonchev–Trinajstić information content (AvgIpc) is 2.64. The molecule has 0 aliphatic carbocycles. The SMILES string of the molecule is CCOC(=O)CCc1cc(F)c(OCc2cccc(OCC(C)C)c2)c(F)c1. The Balaban J connectivity index is 1.99. The first kappa shape index (κ1) is 21.7. The maximum Gasteiger partial charge on any atom is 0.306 e. The fraction of sp³-hybridized carbons (Fsp3) is 0.409. The summed E-state index contributed by atoms with van der Waals surface area (Å²) in [6, 6.07) is 9.57. The third-order valence-electron chi connectivity index (χ3n) is 3.85. The van der Waals surface area contributed by atoms with E-state index >= 15 is 0 Å². The Kier molecular flexibility index (Phi) is 8.23. The fourth-order valence-electron chi connectivity index (χ4n) is 2.52. The molecule has 28 heavy (non-hydrogen) atoms. The zero-order chi connectivity index (χ0) is 20.5. The molecule has 4 nitrogen and oxygen atoms in total. The number of carbonyl (C=O) groups excluding carboxylic acids is 1. The van der Waals surface area contributed by atoms with Crippen LogP contribution < -0.4 is 9.47 Å². The van der Waals surface area contributed by atoms with Crippen LogP contribution in [0.4, 0.5) is 8.78 Å². The van der Waals surface area contributed by atoms with Crippen molar-refractivity contribution >= 4 is 5.97 Å². The molecule has 0 N–H and O–H groups in total. The van der Waals surface area contributed by atoms with E-state index in [9.17, 15) is 13.6 Å². The predicted molar refractivity (Wildman–Crippen MR) is 102 cm³/mol. The molecule has 2 rings (SSSR count). The second kappa shape index (κ2) is 10.6. The van der Waals surface area contributed by atoms with E-state index in [2.05, 4.69) is 13.8 Å². The number of ether oxygens (including phenoxy) is 3. The molecular formula is C22H26F2O4. The van der Waals surface area contributed by atoms with Crippen molar-refractivity contribution in [2.24, 2.45) is 5.92 Å². The fourth-order valence-corrected chi connectivity index (χ4v) is 2.52. The molecule has 0 aliphatic heterocycles. The van der Waals surface area contributed by atoms with Gasteiger partial charge in [-0.3, -0.25) is 4.79 Å². The van der Waals surface area contributed by atoms with Crippen molar-refractivity contribution in [3.8, 4) is 11.5 Å². The number of rotatable bonds is 10. The van der Waals surface area contributed by atoms with Crippen LogP contribution in [0.3, 0.4) is 0 Å². The normalized spacial score (nSPS) is 10.8. The molecule has 0 saturated heterocycles. The second-order valence-corrected chi connectivity index (χ2v) is 6.83. The zero-order valence-electron chi connectivity index (χ0n) is 16.5. The molecule has 0 aromatic heterocycles. The van der Waals surface area contributed by atoms with E-state index in [1.807, 2.05) is 6.07 Å². The van der Waals surface area contributed by atoms with Crippen LogP contribution in [0.15, 0.2) is 36.4 Å². The number of halogens is 2. The highest BCUT2D eigenvalue weighted by atomic mass is 19.1. The van der Waals surface area contributed by atoms with E-state index in [1.54, 1.807) is 25.1 Å². The van der Waals surface area contributed by atoms with Gasteiger partial charge in [0.1, 0.15) is 12.4 Å². The van der Waals surface area contributed by atoms with E-state index in [0.29, 0.717) is 23.8 Å². The van der Waals surface area contributed by atoms with Crippen LogP contribution in [-0.2, 0) is 22.6 Å². The van der Waals surface area contributed by atoms with Crippen LogP contribution in [0.1, 0.15) is 38.3 Å². The van der Waals surface area contributed by atoms with Gasteiger partial charge in [-0.05, 0) is 54.7 Å². The summed E-state index contributed by atoms with van der Waals surface area (Å²) in [6.07, 6.45) is 0.262. The Morgan fingerprint density at radius 2 is 1.75 bits per heavy atom. The molecule has 2 aromatic carbocycles. The van der Waals surface area contributed by atoms with Gasteiger partial charge in [0.05, 0.1) is 13.2 Å². The molecule has 0 radical (unpaired) electrons. The Morgan fingerprint density at radius 1 is 1.04 bits per heavy atom. The lowest BCUT2D eigenvalue weighted by molar-refractivity contribution is -0.143. The highest BCUT2D eigenvalue weighted by molar-refractivity contribution is 5.69. The minimum Gasteiger partial charge on any atom is -0.493 e. The first-order valence-corrected chi connectivity index (χ1v) is 9.37. The number of esters is 1. The molecule has 6 heteroatoms. The zero-order valence-corrected chi connectivity index (χ0v) is 16.5. The molecule has 0 spiro atoms. The maximum absolute atomic E-state index is 14.3. The summed E-state index contributed by atoms with van der Waals surface area (Å²) >= 11 is 0. The number of carbonyl (C=O) groups is 1. The summed E-state index contributed by atoms with van der Waals surface area (Å²) in [4.78, 5) is 11.4. The third-order valence-corrected chi connectivity index (χ3v) is 3.85. The minimum absolute atomic E-state index is 0.00882. The highest BCUT2D eigenvalue weighted by Crippen LogP contribution is 2.25. The van der Waals surface area contributed by atoms with Gasteiger partial charge >= 0.3 is 5.97 Å². The Morgan fingerprint density at radius 3 is 2.39 bits per heavy atom. The summed E-state index contributed by atoms with van der Waals surface area (Å²) in [7, 11) is 0. The van der Waals surface area contributed by atoms with E-state index in [4.69, 9.17) is 14.2 Å². The molecule has 0 amide bonds. The number of benzene rings is 2.